The third kappa shape index (κ3) is 1.86. The molecule has 0 unspecified atom stereocenters. The number of fused-ring (bicyclic) bond motifs is 4. The van der Waals surface area contributed by atoms with Gasteiger partial charge in [-0.2, -0.15) is 0 Å². The first kappa shape index (κ1) is 14.4. The number of aromatic nitrogens is 2. The molecular formula is C24H14N2O. The molecule has 0 saturated carbocycles. The zero-order valence-electron chi connectivity index (χ0n) is 14.4. The van der Waals surface area contributed by atoms with E-state index in [-0.39, 0.29) is 5.56 Å². The maximum absolute atomic E-state index is 13.4. The molecule has 0 aliphatic heterocycles. The van der Waals surface area contributed by atoms with Crippen molar-refractivity contribution in [2.24, 2.45) is 0 Å². The second-order valence-electron chi connectivity index (χ2n) is 6.83. The zero-order chi connectivity index (χ0) is 18.0. The lowest BCUT2D eigenvalue weighted by atomic mass is 10.0. The highest BCUT2D eigenvalue weighted by Crippen LogP contribution is 2.35. The van der Waals surface area contributed by atoms with Crippen LogP contribution in [0.25, 0.3) is 49.4 Å². The molecule has 27 heavy (non-hydrogen) atoms. The second kappa shape index (κ2) is 5.15. The summed E-state index contributed by atoms with van der Waals surface area (Å²) in [5.74, 6) is 0.697. The summed E-state index contributed by atoms with van der Waals surface area (Å²) in [5, 5.41) is 4.96. The summed E-state index contributed by atoms with van der Waals surface area (Å²) >= 11 is 0. The van der Waals surface area contributed by atoms with Crippen molar-refractivity contribution in [2.45, 2.75) is 0 Å². The Morgan fingerprint density at radius 3 is 2.15 bits per heavy atom. The van der Waals surface area contributed by atoms with E-state index < -0.39 is 0 Å². The number of rotatable bonds is 1. The summed E-state index contributed by atoms with van der Waals surface area (Å²) in [6, 6.07) is 28.2. The predicted molar refractivity (Wildman–Crippen MR) is 111 cm³/mol. The fraction of sp³-hybridized carbons (Fsp3) is 0. The van der Waals surface area contributed by atoms with Crippen molar-refractivity contribution in [1.29, 1.82) is 0 Å². The average molecular weight is 346 g/mol. The maximum atomic E-state index is 13.4. The van der Waals surface area contributed by atoms with Gasteiger partial charge in [-0.05, 0) is 22.9 Å². The van der Waals surface area contributed by atoms with Gasteiger partial charge in [0.1, 0.15) is 5.82 Å². The quantitative estimate of drug-likeness (QED) is 0.301. The summed E-state index contributed by atoms with van der Waals surface area (Å²) in [5.41, 5.74) is 2.70. The molecule has 0 aliphatic carbocycles. The van der Waals surface area contributed by atoms with Gasteiger partial charge in [0, 0.05) is 21.7 Å². The molecule has 126 valence electrons. The van der Waals surface area contributed by atoms with Gasteiger partial charge in [0.05, 0.1) is 11.0 Å². The van der Waals surface area contributed by atoms with Crippen LogP contribution in [0.4, 0.5) is 0 Å². The second-order valence-corrected chi connectivity index (χ2v) is 6.83. The van der Waals surface area contributed by atoms with E-state index in [1.54, 1.807) is 4.40 Å². The van der Waals surface area contributed by atoms with Crippen molar-refractivity contribution in [3.05, 3.63) is 95.3 Å². The minimum absolute atomic E-state index is 0.0188. The Morgan fingerprint density at radius 1 is 0.667 bits per heavy atom. The van der Waals surface area contributed by atoms with Gasteiger partial charge in [-0.25, -0.2) is 4.98 Å². The first-order valence-electron chi connectivity index (χ1n) is 8.96. The Bertz CT molecular complexity index is 1530. The SMILES string of the molecule is O=c1c2ccccc2c2cc3ccccc3c3nc(-c4ccccc4)n1c23. The summed E-state index contributed by atoms with van der Waals surface area (Å²) < 4.78 is 1.79. The number of hydrogen-bond donors (Lipinski definition) is 0. The lowest BCUT2D eigenvalue weighted by Gasteiger charge is -2.08. The van der Waals surface area contributed by atoms with Crippen LogP contribution in [0, 0.1) is 0 Å². The molecule has 0 spiro atoms. The first-order valence-corrected chi connectivity index (χ1v) is 8.96. The number of nitrogens with zero attached hydrogens (tertiary/aromatic N) is 2. The lowest BCUT2D eigenvalue weighted by Crippen LogP contribution is -2.14. The normalized spacial score (nSPS) is 11.9. The molecular weight excluding hydrogens is 332 g/mol. The third-order valence-corrected chi connectivity index (χ3v) is 5.33. The molecule has 0 fully saturated rings. The average Bonchev–Trinajstić information content (AvgIpc) is 3.14. The predicted octanol–water partition coefficient (Wildman–Crippen LogP) is 5.26. The molecule has 0 radical (unpaired) electrons. The van der Waals surface area contributed by atoms with Gasteiger partial charge in [-0.15, -0.1) is 0 Å². The van der Waals surface area contributed by atoms with Crippen LogP contribution in [0.2, 0.25) is 0 Å². The summed E-state index contributed by atoms with van der Waals surface area (Å²) in [4.78, 5) is 18.4. The van der Waals surface area contributed by atoms with Gasteiger partial charge in [0.25, 0.3) is 5.56 Å². The van der Waals surface area contributed by atoms with Gasteiger partial charge < -0.3 is 0 Å². The molecule has 0 atom stereocenters. The summed E-state index contributed by atoms with van der Waals surface area (Å²) in [7, 11) is 0. The Kier molecular flexibility index (Phi) is 2.75. The van der Waals surface area contributed by atoms with Crippen LogP contribution in [0.1, 0.15) is 0 Å². The summed E-state index contributed by atoms with van der Waals surface area (Å²) in [6.07, 6.45) is 0. The largest absolute Gasteiger partial charge is 0.268 e. The molecule has 2 aromatic heterocycles. The number of pyridine rings is 1. The molecule has 0 N–H and O–H groups in total. The monoisotopic (exact) mass is 346 g/mol. The van der Waals surface area contributed by atoms with Crippen molar-refractivity contribution in [2.75, 3.05) is 0 Å². The van der Waals surface area contributed by atoms with E-state index in [0.29, 0.717) is 5.82 Å². The highest BCUT2D eigenvalue weighted by atomic mass is 16.1. The van der Waals surface area contributed by atoms with E-state index >= 15 is 0 Å². The van der Waals surface area contributed by atoms with E-state index in [1.807, 2.05) is 66.7 Å². The van der Waals surface area contributed by atoms with Gasteiger partial charge in [0.2, 0.25) is 0 Å². The van der Waals surface area contributed by atoms with Crippen LogP contribution < -0.4 is 5.56 Å². The molecule has 3 nitrogen and oxygen atoms in total. The van der Waals surface area contributed by atoms with Crippen molar-refractivity contribution in [3.8, 4) is 11.4 Å². The van der Waals surface area contributed by atoms with E-state index in [2.05, 4.69) is 18.2 Å². The number of imidazole rings is 1. The topological polar surface area (TPSA) is 34.4 Å². The zero-order valence-corrected chi connectivity index (χ0v) is 14.4. The van der Waals surface area contributed by atoms with Crippen molar-refractivity contribution in [1.82, 2.24) is 9.38 Å². The third-order valence-electron chi connectivity index (χ3n) is 5.33. The lowest BCUT2D eigenvalue weighted by molar-refractivity contribution is 1.13. The van der Waals surface area contributed by atoms with Crippen molar-refractivity contribution >= 4 is 38.0 Å². The highest BCUT2D eigenvalue weighted by molar-refractivity contribution is 6.20. The minimum atomic E-state index is -0.0188. The molecule has 6 rings (SSSR count). The fourth-order valence-corrected chi connectivity index (χ4v) is 4.13. The number of hydrogen-bond acceptors (Lipinski definition) is 2. The van der Waals surface area contributed by atoms with Gasteiger partial charge in [-0.3, -0.25) is 9.20 Å². The Morgan fingerprint density at radius 2 is 1.33 bits per heavy atom. The number of benzene rings is 4. The van der Waals surface area contributed by atoms with Crippen molar-refractivity contribution in [3.63, 3.8) is 0 Å². The standard InChI is InChI=1S/C24H14N2O/c27-24-19-13-7-6-12-18(19)20-14-16-10-4-5-11-17(16)21-22(20)26(24)23(25-21)15-8-2-1-3-9-15/h1-14H. The molecule has 6 aromatic rings. The van der Waals surface area contributed by atoms with Crippen LogP contribution in [0.5, 0.6) is 0 Å². The molecule has 0 bridgehead atoms. The van der Waals surface area contributed by atoms with E-state index in [4.69, 9.17) is 4.98 Å². The van der Waals surface area contributed by atoms with E-state index in [1.165, 1.54) is 0 Å². The van der Waals surface area contributed by atoms with Gasteiger partial charge in [-0.1, -0.05) is 72.8 Å². The highest BCUT2D eigenvalue weighted by Gasteiger charge is 2.20. The minimum Gasteiger partial charge on any atom is -0.268 e. The van der Waals surface area contributed by atoms with Gasteiger partial charge >= 0.3 is 0 Å². The molecule has 0 amide bonds. The van der Waals surface area contributed by atoms with Crippen molar-refractivity contribution < 1.29 is 0 Å². The van der Waals surface area contributed by atoms with E-state index in [0.717, 1.165) is 43.5 Å². The van der Waals surface area contributed by atoms with Crippen LogP contribution in [-0.2, 0) is 0 Å². The van der Waals surface area contributed by atoms with E-state index in [9.17, 15) is 4.79 Å². The van der Waals surface area contributed by atoms with Crippen LogP contribution in [0.3, 0.4) is 0 Å². The Labute approximate surface area is 154 Å². The Hall–Kier alpha value is -3.72. The maximum Gasteiger partial charge on any atom is 0.264 e. The summed E-state index contributed by atoms with van der Waals surface area (Å²) in [6.45, 7) is 0. The fourth-order valence-electron chi connectivity index (χ4n) is 4.13. The van der Waals surface area contributed by atoms with Crippen LogP contribution in [-0.4, -0.2) is 9.38 Å². The smallest absolute Gasteiger partial charge is 0.264 e. The molecule has 3 heteroatoms. The molecule has 0 aliphatic rings. The van der Waals surface area contributed by atoms with Crippen LogP contribution in [0.15, 0.2) is 89.7 Å². The van der Waals surface area contributed by atoms with Gasteiger partial charge in [0.15, 0.2) is 0 Å². The molecule has 2 heterocycles. The molecule has 4 aromatic carbocycles. The molecule has 0 saturated heterocycles. The first-order chi connectivity index (χ1) is 13.3. The van der Waals surface area contributed by atoms with Crippen LogP contribution >= 0.6 is 0 Å². The Balaban J connectivity index is 1.98.